The summed E-state index contributed by atoms with van der Waals surface area (Å²) in [6.07, 6.45) is 35.6. The van der Waals surface area contributed by atoms with Crippen LogP contribution in [0.2, 0.25) is 0 Å². The summed E-state index contributed by atoms with van der Waals surface area (Å²) < 4.78 is 16.6. The average molecular weight is 723 g/mol. The van der Waals surface area contributed by atoms with Crippen LogP contribution in [-0.4, -0.2) is 37.2 Å². The van der Waals surface area contributed by atoms with Gasteiger partial charge in [0.1, 0.15) is 13.2 Å². The van der Waals surface area contributed by atoms with E-state index in [1.165, 1.54) is 122 Å². The Morgan fingerprint density at radius 2 is 0.647 bits per heavy atom. The van der Waals surface area contributed by atoms with Gasteiger partial charge in [-0.1, -0.05) is 202 Å². The Labute approximate surface area is 317 Å². The van der Waals surface area contributed by atoms with Crippen LogP contribution in [-0.2, 0) is 28.6 Å². The molecule has 0 aromatic rings. The van der Waals surface area contributed by atoms with Gasteiger partial charge in [-0.2, -0.15) is 0 Å². The fourth-order valence-electron chi connectivity index (χ4n) is 6.58. The molecule has 0 fully saturated rings. The predicted molar refractivity (Wildman–Crippen MR) is 215 cm³/mol. The quantitative estimate of drug-likeness (QED) is 0.0357. The van der Waals surface area contributed by atoms with Crippen LogP contribution in [0.15, 0.2) is 0 Å². The lowest BCUT2D eigenvalue weighted by molar-refractivity contribution is -0.167. The first-order valence-electron chi connectivity index (χ1n) is 22.2. The van der Waals surface area contributed by atoms with Gasteiger partial charge >= 0.3 is 17.9 Å². The van der Waals surface area contributed by atoms with Gasteiger partial charge in [-0.15, -0.1) is 0 Å². The molecule has 0 aliphatic rings. The monoisotopic (exact) mass is 723 g/mol. The van der Waals surface area contributed by atoms with Crippen molar-refractivity contribution in [3.8, 4) is 0 Å². The highest BCUT2D eigenvalue weighted by Crippen LogP contribution is 2.16. The molecule has 0 bridgehead atoms. The topological polar surface area (TPSA) is 78.9 Å². The van der Waals surface area contributed by atoms with Gasteiger partial charge in [-0.3, -0.25) is 14.4 Å². The summed E-state index contributed by atoms with van der Waals surface area (Å²) in [5.74, 6) is 0.755. The van der Waals surface area contributed by atoms with Gasteiger partial charge in [0, 0.05) is 19.3 Å². The lowest BCUT2D eigenvalue weighted by Crippen LogP contribution is -2.30. The van der Waals surface area contributed by atoms with Crippen molar-refractivity contribution in [2.24, 2.45) is 11.8 Å². The Kier molecular flexibility index (Phi) is 37.0. The van der Waals surface area contributed by atoms with E-state index in [2.05, 4.69) is 34.6 Å². The summed E-state index contributed by atoms with van der Waals surface area (Å²) in [6.45, 7) is 11.2. The average Bonchev–Trinajstić information content (AvgIpc) is 3.09. The van der Waals surface area contributed by atoms with E-state index in [9.17, 15) is 14.4 Å². The molecular formula is C45H86O6. The standard InChI is InChI=1S/C45H86O6/c1-6-7-8-23-32-37-45(48)51-42(39-50-44(47)36-31-27-22-18-20-25-29-34-41(4)5)38-49-43(46)35-30-26-21-17-15-13-11-9-10-12-14-16-19-24-28-33-40(2)3/h40-42H,6-39H2,1-5H3/t42-/m1/s1. The van der Waals surface area contributed by atoms with Gasteiger partial charge in [0.2, 0.25) is 0 Å². The van der Waals surface area contributed by atoms with Gasteiger partial charge in [-0.25, -0.2) is 0 Å². The van der Waals surface area contributed by atoms with Crippen LogP contribution in [0, 0.1) is 11.8 Å². The molecule has 0 radical (unpaired) electrons. The van der Waals surface area contributed by atoms with Crippen molar-refractivity contribution < 1.29 is 28.6 Å². The molecule has 6 nitrogen and oxygen atoms in total. The molecular weight excluding hydrogens is 636 g/mol. The van der Waals surface area contributed by atoms with Crippen molar-refractivity contribution in [3.05, 3.63) is 0 Å². The molecule has 0 aromatic carbocycles. The molecule has 0 N–H and O–H groups in total. The molecule has 0 saturated carbocycles. The number of carbonyl (C=O) groups excluding carboxylic acids is 3. The maximum absolute atomic E-state index is 12.5. The number of unbranched alkanes of at least 4 members (excludes halogenated alkanes) is 24. The number of rotatable bonds is 39. The van der Waals surface area contributed by atoms with Crippen molar-refractivity contribution in [2.75, 3.05) is 13.2 Å². The first-order valence-corrected chi connectivity index (χ1v) is 22.2. The molecule has 51 heavy (non-hydrogen) atoms. The number of carbonyl (C=O) groups is 3. The van der Waals surface area contributed by atoms with Crippen LogP contribution in [0.25, 0.3) is 0 Å². The fraction of sp³-hybridized carbons (Fsp3) is 0.933. The molecule has 0 amide bonds. The van der Waals surface area contributed by atoms with Crippen LogP contribution in [0.1, 0.15) is 240 Å². The number of hydrogen-bond donors (Lipinski definition) is 0. The van der Waals surface area contributed by atoms with Gasteiger partial charge in [-0.05, 0) is 31.1 Å². The van der Waals surface area contributed by atoms with Crippen LogP contribution in [0.4, 0.5) is 0 Å². The Bertz CT molecular complexity index is 779. The minimum atomic E-state index is -0.758. The van der Waals surface area contributed by atoms with Crippen molar-refractivity contribution in [2.45, 2.75) is 246 Å². The third kappa shape index (κ3) is 39.5. The van der Waals surface area contributed by atoms with E-state index in [-0.39, 0.29) is 31.1 Å². The van der Waals surface area contributed by atoms with E-state index in [0.717, 1.165) is 76.0 Å². The Balaban J connectivity index is 4.09. The summed E-state index contributed by atoms with van der Waals surface area (Å²) in [7, 11) is 0. The zero-order valence-electron chi connectivity index (χ0n) is 34.7. The first-order chi connectivity index (χ1) is 24.7. The molecule has 0 spiro atoms. The van der Waals surface area contributed by atoms with Crippen molar-refractivity contribution in [3.63, 3.8) is 0 Å². The number of hydrogen-bond acceptors (Lipinski definition) is 6. The van der Waals surface area contributed by atoms with E-state index < -0.39 is 6.10 Å². The summed E-state index contributed by atoms with van der Waals surface area (Å²) in [5.41, 5.74) is 0. The molecule has 302 valence electrons. The minimum absolute atomic E-state index is 0.0667. The van der Waals surface area contributed by atoms with Crippen LogP contribution in [0.3, 0.4) is 0 Å². The van der Waals surface area contributed by atoms with Crippen LogP contribution < -0.4 is 0 Å². The molecule has 0 rings (SSSR count). The second kappa shape index (κ2) is 38.1. The summed E-state index contributed by atoms with van der Waals surface area (Å²) in [4.78, 5) is 37.4. The van der Waals surface area contributed by atoms with Gasteiger partial charge < -0.3 is 14.2 Å². The lowest BCUT2D eigenvalue weighted by Gasteiger charge is -2.18. The Morgan fingerprint density at radius 1 is 0.373 bits per heavy atom. The van der Waals surface area contributed by atoms with Crippen molar-refractivity contribution in [1.29, 1.82) is 0 Å². The predicted octanol–water partition coefficient (Wildman–Crippen LogP) is 13.8. The smallest absolute Gasteiger partial charge is 0.306 e. The maximum Gasteiger partial charge on any atom is 0.306 e. The highest BCUT2D eigenvalue weighted by molar-refractivity contribution is 5.71. The lowest BCUT2D eigenvalue weighted by atomic mass is 10.0. The number of esters is 3. The summed E-state index contributed by atoms with van der Waals surface area (Å²) >= 11 is 0. The van der Waals surface area contributed by atoms with E-state index in [1.54, 1.807) is 0 Å². The van der Waals surface area contributed by atoms with Crippen LogP contribution >= 0.6 is 0 Å². The van der Waals surface area contributed by atoms with E-state index >= 15 is 0 Å². The summed E-state index contributed by atoms with van der Waals surface area (Å²) in [6, 6.07) is 0. The molecule has 6 heteroatoms. The van der Waals surface area contributed by atoms with E-state index in [0.29, 0.717) is 19.3 Å². The van der Waals surface area contributed by atoms with Gasteiger partial charge in [0.25, 0.3) is 0 Å². The first kappa shape index (κ1) is 49.4. The summed E-state index contributed by atoms with van der Waals surface area (Å²) in [5, 5.41) is 0. The molecule has 0 aliphatic carbocycles. The van der Waals surface area contributed by atoms with Crippen molar-refractivity contribution in [1.82, 2.24) is 0 Å². The normalized spacial score (nSPS) is 12.1. The van der Waals surface area contributed by atoms with E-state index in [4.69, 9.17) is 14.2 Å². The second-order valence-corrected chi connectivity index (χ2v) is 16.3. The van der Waals surface area contributed by atoms with Gasteiger partial charge in [0.15, 0.2) is 6.10 Å². The van der Waals surface area contributed by atoms with Crippen LogP contribution in [0.5, 0.6) is 0 Å². The van der Waals surface area contributed by atoms with Crippen molar-refractivity contribution >= 4 is 17.9 Å². The molecule has 0 aromatic heterocycles. The fourth-order valence-corrected chi connectivity index (χ4v) is 6.58. The molecule has 0 heterocycles. The molecule has 1 atom stereocenters. The SMILES string of the molecule is CCCCCCCC(=O)O[C@H](COC(=O)CCCCCCCCCCCCCCCCCC(C)C)COC(=O)CCCCCCCCCC(C)C. The number of ether oxygens (including phenoxy) is 3. The Hall–Kier alpha value is -1.59. The minimum Gasteiger partial charge on any atom is -0.462 e. The zero-order chi connectivity index (χ0) is 37.6. The maximum atomic E-state index is 12.5. The molecule has 0 unspecified atom stereocenters. The molecule has 0 saturated heterocycles. The van der Waals surface area contributed by atoms with E-state index in [1.807, 2.05) is 0 Å². The highest BCUT2D eigenvalue weighted by Gasteiger charge is 2.19. The Morgan fingerprint density at radius 3 is 0.961 bits per heavy atom. The third-order valence-electron chi connectivity index (χ3n) is 9.97. The zero-order valence-corrected chi connectivity index (χ0v) is 34.7. The van der Waals surface area contributed by atoms with Gasteiger partial charge in [0.05, 0.1) is 0 Å². The molecule has 0 aliphatic heterocycles. The third-order valence-corrected chi connectivity index (χ3v) is 9.97. The second-order valence-electron chi connectivity index (χ2n) is 16.3. The highest BCUT2D eigenvalue weighted by atomic mass is 16.6. The largest absolute Gasteiger partial charge is 0.462 e.